The van der Waals surface area contributed by atoms with Crippen molar-refractivity contribution in [3.05, 3.63) is 82.9 Å². The molecular weight excluding hydrogens is 251 g/mol. The molecule has 1 heteroatoms. The van der Waals surface area contributed by atoms with Gasteiger partial charge in [-0.05, 0) is 42.0 Å². The second kappa shape index (κ2) is 7.68. The first-order chi connectivity index (χ1) is 10.2. The highest BCUT2D eigenvalue weighted by Crippen LogP contribution is 2.16. The van der Waals surface area contributed by atoms with Crippen molar-refractivity contribution in [2.24, 2.45) is 0 Å². The van der Waals surface area contributed by atoms with Crippen LogP contribution in [0, 0.1) is 6.92 Å². The topological polar surface area (TPSA) is 0 Å². The molecule has 2 aromatic rings. The van der Waals surface area contributed by atoms with Crippen molar-refractivity contribution in [1.29, 1.82) is 0 Å². The van der Waals surface area contributed by atoms with Crippen LogP contribution in [-0.2, 0) is 6.42 Å². The van der Waals surface area contributed by atoms with Crippen molar-refractivity contribution >= 4 is 19.4 Å². The summed E-state index contributed by atoms with van der Waals surface area (Å²) in [6.45, 7) is 4.28. The fourth-order valence-corrected chi connectivity index (χ4v) is 2.27. The smallest absolute Gasteiger partial charge is 0.0961 e. The minimum absolute atomic E-state index is 0.811. The van der Waals surface area contributed by atoms with Gasteiger partial charge in [0.15, 0.2) is 0 Å². The highest BCUT2D eigenvalue weighted by Gasteiger charge is 2.00. The minimum atomic E-state index is 0.811. The van der Waals surface area contributed by atoms with E-state index in [1.54, 1.807) is 0 Å². The number of benzene rings is 2. The Morgan fingerprint density at radius 1 is 1.10 bits per heavy atom. The lowest BCUT2D eigenvalue weighted by molar-refractivity contribution is 1.17. The monoisotopic (exact) mass is 272 g/mol. The maximum atomic E-state index is 5.91. The Kier molecular flexibility index (Phi) is 5.63. The molecule has 0 saturated heterocycles. The number of rotatable bonds is 5. The van der Waals surface area contributed by atoms with Crippen LogP contribution in [0.2, 0.25) is 0 Å². The number of hydrogen-bond donors (Lipinski definition) is 0. The van der Waals surface area contributed by atoms with Gasteiger partial charge in [0.25, 0.3) is 0 Å². The summed E-state index contributed by atoms with van der Waals surface area (Å²) in [6.07, 6.45) is 8.64. The normalized spacial score (nSPS) is 12.0. The van der Waals surface area contributed by atoms with Gasteiger partial charge in [0.1, 0.15) is 7.85 Å². The van der Waals surface area contributed by atoms with Gasteiger partial charge in [-0.25, -0.2) is 0 Å². The maximum Gasteiger partial charge on any atom is 0.113 e. The molecule has 0 saturated carbocycles. The van der Waals surface area contributed by atoms with Crippen LogP contribution < -0.4 is 5.46 Å². The van der Waals surface area contributed by atoms with Crippen molar-refractivity contribution in [2.45, 2.75) is 26.7 Å². The van der Waals surface area contributed by atoms with Crippen molar-refractivity contribution in [1.82, 2.24) is 0 Å². The molecule has 2 rings (SSSR count). The Morgan fingerprint density at radius 2 is 1.86 bits per heavy atom. The summed E-state index contributed by atoms with van der Waals surface area (Å²) in [7, 11) is 5.91. The van der Waals surface area contributed by atoms with Crippen LogP contribution >= 0.6 is 0 Å². The molecule has 0 aliphatic carbocycles. The number of allylic oxidation sites excluding steroid dienone is 3. The molecule has 21 heavy (non-hydrogen) atoms. The van der Waals surface area contributed by atoms with Gasteiger partial charge in [-0.1, -0.05) is 79.1 Å². The third kappa shape index (κ3) is 4.79. The molecule has 0 aromatic heterocycles. The van der Waals surface area contributed by atoms with Crippen LogP contribution in [0.4, 0.5) is 0 Å². The van der Waals surface area contributed by atoms with Gasteiger partial charge < -0.3 is 0 Å². The van der Waals surface area contributed by atoms with Crippen LogP contribution in [0.1, 0.15) is 30.0 Å². The van der Waals surface area contributed by atoms with E-state index in [9.17, 15) is 0 Å². The third-order valence-electron chi connectivity index (χ3n) is 3.46. The summed E-state index contributed by atoms with van der Waals surface area (Å²) in [5.41, 5.74) is 5.88. The fourth-order valence-electron chi connectivity index (χ4n) is 2.27. The minimum Gasteiger partial charge on any atom is -0.0961 e. The van der Waals surface area contributed by atoms with Crippen LogP contribution in [-0.4, -0.2) is 7.85 Å². The van der Waals surface area contributed by atoms with Crippen molar-refractivity contribution in [2.75, 3.05) is 0 Å². The lowest BCUT2D eigenvalue weighted by atomic mass is 9.91. The summed E-state index contributed by atoms with van der Waals surface area (Å²) in [5.74, 6) is 0. The summed E-state index contributed by atoms with van der Waals surface area (Å²) in [6, 6.07) is 16.6. The second-order valence-corrected chi connectivity index (χ2v) is 5.31. The van der Waals surface area contributed by atoms with E-state index >= 15 is 0 Å². The molecule has 0 aliphatic heterocycles. The maximum absolute atomic E-state index is 5.91. The molecular formula is C20H21B. The Hall–Kier alpha value is -2.02. The zero-order chi connectivity index (χ0) is 15.1. The van der Waals surface area contributed by atoms with Gasteiger partial charge in [-0.3, -0.25) is 0 Å². The molecule has 0 amide bonds. The Bertz CT molecular complexity index is 636. The van der Waals surface area contributed by atoms with Crippen LogP contribution in [0.3, 0.4) is 0 Å². The van der Waals surface area contributed by atoms with Crippen molar-refractivity contribution in [3.8, 4) is 0 Å². The molecule has 0 nitrogen and oxygen atoms in total. The van der Waals surface area contributed by atoms with Gasteiger partial charge >= 0.3 is 0 Å². The molecule has 0 unspecified atom stereocenters. The quantitative estimate of drug-likeness (QED) is 0.559. The molecule has 104 valence electrons. The van der Waals surface area contributed by atoms with Gasteiger partial charge in [-0.15, -0.1) is 0 Å². The zero-order valence-corrected chi connectivity index (χ0v) is 12.8. The summed E-state index contributed by atoms with van der Waals surface area (Å²) in [5, 5.41) is 0. The van der Waals surface area contributed by atoms with Crippen LogP contribution in [0.15, 0.2) is 66.3 Å². The third-order valence-corrected chi connectivity index (χ3v) is 3.46. The summed E-state index contributed by atoms with van der Waals surface area (Å²) < 4.78 is 0. The first kappa shape index (κ1) is 15.4. The van der Waals surface area contributed by atoms with Crippen molar-refractivity contribution in [3.63, 3.8) is 0 Å². The molecule has 0 spiro atoms. The Morgan fingerprint density at radius 3 is 2.57 bits per heavy atom. The van der Waals surface area contributed by atoms with Crippen LogP contribution in [0.5, 0.6) is 0 Å². The molecule has 0 aliphatic rings. The number of hydrogen-bond acceptors (Lipinski definition) is 0. The standard InChI is InChI=1S/C20H21B/c1-3-4-8-18(13-17-9-6-5-7-10-17)14-19-15-20(21)12-11-16(19)2/h4-12,14-15H,3,13H2,1-2H3/b8-4+,18-14+. The van der Waals surface area contributed by atoms with E-state index in [-0.39, 0.29) is 0 Å². The molecule has 2 radical (unpaired) electrons. The molecule has 2 aromatic carbocycles. The van der Waals surface area contributed by atoms with Gasteiger partial charge in [0.2, 0.25) is 0 Å². The molecule has 0 fully saturated rings. The lowest BCUT2D eigenvalue weighted by Gasteiger charge is -2.07. The van der Waals surface area contributed by atoms with E-state index in [0.29, 0.717) is 0 Å². The molecule has 0 N–H and O–H groups in total. The van der Waals surface area contributed by atoms with Gasteiger partial charge in [0.05, 0.1) is 0 Å². The van der Waals surface area contributed by atoms with Crippen LogP contribution in [0.25, 0.3) is 6.08 Å². The highest BCUT2D eigenvalue weighted by atomic mass is 14.0. The lowest BCUT2D eigenvalue weighted by Crippen LogP contribution is -2.02. The van der Waals surface area contributed by atoms with Crippen molar-refractivity contribution < 1.29 is 0 Å². The van der Waals surface area contributed by atoms with E-state index < -0.39 is 0 Å². The SMILES string of the molecule is [B]c1ccc(C)c(/C=C(\C=C\CC)Cc2ccccc2)c1. The highest BCUT2D eigenvalue weighted by molar-refractivity contribution is 6.32. The predicted molar refractivity (Wildman–Crippen MR) is 94.1 cm³/mol. The Labute approximate surface area is 129 Å². The van der Waals surface area contributed by atoms with Gasteiger partial charge in [0, 0.05) is 0 Å². The first-order valence-electron chi connectivity index (χ1n) is 7.46. The zero-order valence-electron chi connectivity index (χ0n) is 12.8. The second-order valence-electron chi connectivity index (χ2n) is 5.31. The van der Waals surface area contributed by atoms with E-state index in [1.807, 2.05) is 12.1 Å². The average Bonchev–Trinajstić information content (AvgIpc) is 2.49. The molecule has 0 heterocycles. The average molecular weight is 272 g/mol. The molecule has 0 atom stereocenters. The van der Waals surface area contributed by atoms with E-state index in [1.165, 1.54) is 22.3 Å². The van der Waals surface area contributed by atoms with E-state index in [0.717, 1.165) is 18.3 Å². The van der Waals surface area contributed by atoms with E-state index in [2.05, 4.69) is 68.5 Å². The largest absolute Gasteiger partial charge is 0.113 e. The summed E-state index contributed by atoms with van der Waals surface area (Å²) >= 11 is 0. The fraction of sp³-hybridized carbons (Fsp3) is 0.200. The molecule has 0 bridgehead atoms. The Balaban J connectivity index is 2.33. The predicted octanol–water partition coefficient (Wildman–Crippen LogP) is 4.38. The number of aryl methyl sites for hydroxylation is 1. The van der Waals surface area contributed by atoms with E-state index in [4.69, 9.17) is 7.85 Å². The van der Waals surface area contributed by atoms with Gasteiger partial charge in [-0.2, -0.15) is 0 Å². The first-order valence-corrected chi connectivity index (χ1v) is 7.46. The summed E-state index contributed by atoms with van der Waals surface area (Å²) in [4.78, 5) is 0.